The molecule has 4 rings (SSSR count). The topological polar surface area (TPSA) is 89.3 Å². The Kier molecular flexibility index (Phi) is 6.20. The van der Waals surface area contributed by atoms with Gasteiger partial charge in [0.05, 0.1) is 36.3 Å². The molecule has 0 unspecified atom stereocenters. The number of fused-ring (bicyclic) bond motifs is 1. The number of anilines is 2. The number of ether oxygens (including phenoxy) is 1. The van der Waals surface area contributed by atoms with Crippen LogP contribution in [0.25, 0.3) is 10.9 Å². The van der Waals surface area contributed by atoms with Crippen molar-refractivity contribution in [2.24, 2.45) is 7.05 Å². The van der Waals surface area contributed by atoms with Crippen molar-refractivity contribution in [2.45, 2.75) is 32.2 Å². The van der Waals surface area contributed by atoms with Gasteiger partial charge < -0.3 is 15.0 Å². The normalized spacial score (nSPS) is 16.0. The molecule has 0 saturated carbocycles. The number of benzene rings is 1. The van der Waals surface area contributed by atoms with Crippen LogP contribution < -0.4 is 15.8 Å². The van der Waals surface area contributed by atoms with Crippen LogP contribution in [0.4, 0.5) is 20.4 Å². The SMILES string of the molecule is COC(=O)c1nc(Cl)ccc1N[C@H](C)c1cc(C)cc2c(=O)n(C)c(N3CCC(F)(F)C3)nc12. The second kappa shape index (κ2) is 8.83. The fourth-order valence-electron chi connectivity index (χ4n) is 4.18. The molecule has 3 aromatic rings. The first-order valence-electron chi connectivity index (χ1n) is 10.7. The Morgan fingerprint density at radius 3 is 2.68 bits per heavy atom. The molecule has 1 aromatic carbocycles. The van der Waals surface area contributed by atoms with E-state index in [1.54, 1.807) is 12.1 Å². The van der Waals surface area contributed by atoms with E-state index in [0.29, 0.717) is 22.2 Å². The minimum Gasteiger partial charge on any atom is -0.464 e. The number of nitrogens with zero attached hydrogens (tertiary/aromatic N) is 4. The van der Waals surface area contributed by atoms with Crippen LogP contribution >= 0.6 is 11.6 Å². The van der Waals surface area contributed by atoms with Crippen LogP contribution in [-0.4, -0.2) is 46.6 Å². The number of rotatable bonds is 5. The van der Waals surface area contributed by atoms with Gasteiger partial charge in [-0.05, 0) is 37.6 Å². The molecule has 1 aliphatic heterocycles. The van der Waals surface area contributed by atoms with Crippen LogP contribution in [0.5, 0.6) is 0 Å². The van der Waals surface area contributed by atoms with Crippen LogP contribution in [-0.2, 0) is 11.8 Å². The third-order valence-corrected chi connectivity index (χ3v) is 6.07. The highest BCUT2D eigenvalue weighted by molar-refractivity contribution is 6.29. The Morgan fingerprint density at radius 2 is 2.03 bits per heavy atom. The van der Waals surface area contributed by atoms with Crippen molar-refractivity contribution < 1.29 is 18.3 Å². The second-order valence-corrected chi connectivity index (χ2v) is 8.83. The molecule has 3 heterocycles. The van der Waals surface area contributed by atoms with Gasteiger partial charge in [-0.2, -0.15) is 0 Å². The maximum Gasteiger partial charge on any atom is 0.358 e. The average Bonchev–Trinajstić information content (AvgIpc) is 3.15. The van der Waals surface area contributed by atoms with Gasteiger partial charge in [0.25, 0.3) is 11.5 Å². The molecule has 1 saturated heterocycles. The van der Waals surface area contributed by atoms with E-state index in [4.69, 9.17) is 16.3 Å². The van der Waals surface area contributed by atoms with Crippen molar-refractivity contribution in [1.82, 2.24) is 14.5 Å². The van der Waals surface area contributed by atoms with Gasteiger partial charge >= 0.3 is 5.97 Å². The molecule has 1 atom stereocenters. The van der Waals surface area contributed by atoms with Gasteiger partial charge in [-0.15, -0.1) is 0 Å². The molecule has 0 radical (unpaired) electrons. The number of hydrogen-bond acceptors (Lipinski definition) is 7. The molecular formula is C23H24ClF2N5O3. The fraction of sp³-hybridized carbons (Fsp3) is 0.391. The smallest absolute Gasteiger partial charge is 0.358 e. The largest absolute Gasteiger partial charge is 0.464 e. The van der Waals surface area contributed by atoms with E-state index in [1.165, 1.54) is 29.7 Å². The number of esters is 1. The third kappa shape index (κ3) is 4.42. The van der Waals surface area contributed by atoms with Gasteiger partial charge in [0.15, 0.2) is 5.69 Å². The number of alkyl halides is 2. The lowest BCUT2D eigenvalue weighted by molar-refractivity contribution is 0.0256. The van der Waals surface area contributed by atoms with E-state index >= 15 is 0 Å². The zero-order chi connectivity index (χ0) is 24.8. The highest BCUT2D eigenvalue weighted by Crippen LogP contribution is 2.32. The summed E-state index contributed by atoms with van der Waals surface area (Å²) in [6.45, 7) is 3.31. The molecule has 1 N–H and O–H groups in total. The van der Waals surface area contributed by atoms with E-state index in [-0.39, 0.29) is 35.3 Å². The van der Waals surface area contributed by atoms with Crippen molar-refractivity contribution in [3.63, 3.8) is 0 Å². The molecule has 34 heavy (non-hydrogen) atoms. The lowest BCUT2D eigenvalue weighted by Gasteiger charge is -2.23. The number of nitrogens with one attached hydrogen (secondary N) is 1. The summed E-state index contributed by atoms with van der Waals surface area (Å²) in [5.41, 5.74) is 1.99. The van der Waals surface area contributed by atoms with Gasteiger partial charge in [0, 0.05) is 25.6 Å². The minimum atomic E-state index is -2.83. The number of halogens is 3. The number of aryl methyl sites for hydroxylation is 1. The monoisotopic (exact) mass is 491 g/mol. The summed E-state index contributed by atoms with van der Waals surface area (Å²) in [5.74, 6) is -3.30. The Morgan fingerprint density at radius 1 is 1.29 bits per heavy atom. The van der Waals surface area contributed by atoms with Gasteiger partial charge in [-0.1, -0.05) is 17.7 Å². The Hall–Kier alpha value is -3.27. The molecule has 0 bridgehead atoms. The number of carbonyl (C=O) groups is 1. The van der Waals surface area contributed by atoms with E-state index in [0.717, 1.165) is 5.56 Å². The quantitative estimate of drug-likeness (QED) is 0.424. The van der Waals surface area contributed by atoms with Crippen molar-refractivity contribution >= 4 is 40.1 Å². The third-order valence-electron chi connectivity index (χ3n) is 5.86. The number of hydrogen-bond donors (Lipinski definition) is 1. The molecule has 180 valence electrons. The van der Waals surface area contributed by atoms with Crippen LogP contribution in [0, 0.1) is 6.92 Å². The number of methoxy groups -OCH3 is 1. The number of pyridine rings is 1. The van der Waals surface area contributed by atoms with Gasteiger partial charge in [0.1, 0.15) is 5.15 Å². The zero-order valence-electron chi connectivity index (χ0n) is 19.2. The van der Waals surface area contributed by atoms with E-state index in [1.807, 2.05) is 19.9 Å². The van der Waals surface area contributed by atoms with Crippen LogP contribution in [0.3, 0.4) is 0 Å². The summed E-state index contributed by atoms with van der Waals surface area (Å²) in [5, 5.41) is 3.73. The summed E-state index contributed by atoms with van der Waals surface area (Å²) < 4.78 is 33.9. The van der Waals surface area contributed by atoms with Crippen molar-refractivity contribution in [3.05, 3.63) is 56.6 Å². The Bertz CT molecular complexity index is 1340. The lowest BCUT2D eigenvalue weighted by Crippen LogP contribution is -2.32. The number of carbonyl (C=O) groups excluding carboxylic acids is 1. The van der Waals surface area contributed by atoms with Crippen LogP contribution in [0.1, 0.15) is 41.0 Å². The average molecular weight is 492 g/mol. The van der Waals surface area contributed by atoms with Crippen molar-refractivity contribution in [1.29, 1.82) is 0 Å². The lowest BCUT2D eigenvalue weighted by atomic mass is 10.0. The first-order valence-corrected chi connectivity index (χ1v) is 11.0. The summed E-state index contributed by atoms with van der Waals surface area (Å²) in [6, 6.07) is 6.32. The highest BCUT2D eigenvalue weighted by Gasteiger charge is 2.39. The molecule has 11 heteroatoms. The molecule has 2 aromatic heterocycles. The Labute approximate surface area is 199 Å². The van der Waals surface area contributed by atoms with Crippen LogP contribution in [0.2, 0.25) is 5.15 Å². The summed E-state index contributed by atoms with van der Waals surface area (Å²) in [7, 11) is 2.78. The van der Waals surface area contributed by atoms with Gasteiger partial charge in [-0.25, -0.2) is 23.5 Å². The zero-order valence-corrected chi connectivity index (χ0v) is 19.9. The van der Waals surface area contributed by atoms with E-state index in [9.17, 15) is 18.4 Å². The van der Waals surface area contributed by atoms with Crippen molar-refractivity contribution in [2.75, 3.05) is 30.4 Å². The predicted octanol–water partition coefficient (Wildman–Crippen LogP) is 4.10. The summed E-state index contributed by atoms with van der Waals surface area (Å²) in [6.07, 6.45) is -0.292. The molecule has 0 spiro atoms. The molecular weight excluding hydrogens is 468 g/mol. The van der Waals surface area contributed by atoms with Crippen LogP contribution in [0.15, 0.2) is 29.1 Å². The summed E-state index contributed by atoms with van der Waals surface area (Å²) >= 11 is 5.95. The molecule has 8 nitrogen and oxygen atoms in total. The summed E-state index contributed by atoms with van der Waals surface area (Å²) in [4.78, 5) is 35.5. The molecule has 0 aliphatic carbocycles. The molecule has 1 aliphatic rings. The maximum atomic E-state index is 13.9. The standard InChI is InChI=1S/C23H24ClF2N5O3/c1-12-9-14(13(2)27-16-5-6-17(24)28-19(16)21(33)34-4)18-15(10-12)20(32)30(3)22(29-18)31-8-7-23(25,26)11-31/h5-6,9-10,13,27H,7-8,11H2,1-4H3/t13-/m1/s1. The first kappa shape index (κ1) is 23.9. The fourth-order valence-corrected chi connectivity index (χ4v) is 4.32. The molecule has 0 amide bonds. The maximum absolute atomic E-state index is 13.9. The second-order valence-electron chi connectivity index (χ2n) is 8.44. The highest BCUT2D eigenvalue weighted by atomic mass is 35.5. The predicted molar refractivity (Wildman–Crippen MR) is 126 cm³/mol. The Balaban J connectivity index is 1.82. The minimum absolute atomic E-state index is 0.0164. The number of aromatic nitrogens is 3. The van der Waals surface area contributed by atoms with Gasteiger partial charge in [-0.3, -0.25) is 9.36 Å². The van der Waals surface area contributed by atoms with Gasteiger partial charge in [0.2, 0.25) is 5.95 Å². The molecule has 1 fully saturated rings. The first-order chi connectivity index (χ1) is 16.0. The van der Waals surface area contributed by atoms with Crippen molar-refractivity contribution in [3.8, 4) is 0 Å². The van der Waals surface area contributed by atoms with E-state index < -0.39 is 24.5 Å². The van der Waals surface area contributed by atoms with E-state index in [2.05, 4.69) is 15.3 Å².